The summed E-state index contributed by atoms with van der Waals surface area (Å²) in [5.41, 5.74) is -2.30. The fraction of sp³-hybridized carbons (Fsp3) is 0.286. The van der Waals surface area contributed by atoms with E-state index in [1.54, 1.807) is 0 Å². The van der Waals surface area contributed by atoms with Crippen molar-refractivity contribution < 1.29 is 22.4 Å². The van der Waals surface area contributed by atoms with Crippen LogP contribution in [-0.4, -0.2) is 23.6 Å². The number of hydrogen-bond donors (Lipinski definition) is 4. The molecular weight excluding hydrogens is 365 g/mol. The van der Waals surface area contributed by atoms with Crippen molar-refractivity contribution in [2.45, 2.75) is 12.2 Å². The molecule has 1 aromatic carbocycles. The Balaban J connectivity index is 2.32. The van der Waals surface area contributed by atoms with Crippen LogP contribution in [0.2, 0.25) is 0 Å². The van der Waals surface area contributed by atoms with Crippen LogP contribution in [0.5, 0.6) is 0 Å². The molecule has 0 aliphatic rings. The van der Waals surface area contributed by atoms with Gasteiger partial charge in [0, 0.05) is 40.8 Å². The Hall–Kier alpha value is -1.81. The lowest BCUT2D eigenvalue weighted by Gasteiger charge is -2.15. The Morgan fingerprint density at radius 3 is 2.46 bits per heavy atom. The Morgan fingerprint density at radius 1 is 1.21 bits per heavy atom. The Bertz CT molecular complexity index is 804. The Morgan fingerprint density at radius 2 is 1.88 bits per heavy atom. The number of hydrogen-bond acceptors (Lipinski definition) is 5. The third-order valence-corrected chi connectivity index (χ3v) is 3.97. The highest BCUT2D eigenvalue weighted by Crippen LogP contribution is 2.34. The van der Waals surface area contributed by atoms with Crippen LogP contribution in [0.15, 0.2) is 33.5 Å². The second kappa shape index (κ2) is 7.39. The molecule has 10 heteroatoms. The highest BCUT2D eigenvalue weighted by Gasteiger charge is 2.33. The van der Waals surface area contributed by atoms with Crippen LogP contribution in [0, 0.1) is 0 Å². The SMILES string of the molecule is O=C(Nc1ccc2c(C(F)(F)F)cc(=O)oc2c1)NC(CS)CS. The molecule has 0 atom stereocenters. The minimum absolute atomic E-state index is 0.180. The predicted molar refractivity (Wildman–Crippen MR) is 91.1 cm³/mol. The van der Waals surface area contributed by atoms with E-state index in [-0.39, 0.29) is 22.7 Å². The van der Waals surface area contributed by atoms with Crippen molar-refractivity contribution in [1.82, 2.24) is 5.32 Å². The van der Waals surface area contributed by atoms with Crippen molar-refractivity contribution in [2.24, 2.45) is 0 Å². The van der Waals surface area contributed by atoms with Crippen LogP contribution in [-0.2, 0) is 6.18 Å². The second-order valence-electron chi connectivity index (χ2n) is 4.85. The summed E-state index contributed by atoms with van der Waals surface area (Å²) < 4.78 is 43.7. The molecule has 2 rings (SSSR count). The molecule has 0 unspecified atom stereocenters. The van der Waals surface area contributed by atoms with E-state index < -0.39 is 23.4 Å². The number of fused-ring (bicyclic) bond motifs is 1. The van der Waals surface area contributed by atoms with Gasteiger partial charge in [-0.2, -0.15) is 38.4 Å². The van der Waals surface area contributed by atoms with E-state index in [1.807, 2.05) is 0 Å². The van der Waals surface area contributed by atoms with Crippen LogP contribution in [0.25, 0.3) is 11.0 Å². The molecule has 0 spiro atoms. The standard InChI is InChI=1S/C14H13F3N2O3S2/c15-14(16,17)10-4-12(20)22-11-3-7(1-2-9(10)11)18-13(21)19-8(5-23)6-24/h1-4,8,23-24H,5-6H2,(H2,18,19,21). The second-order valence-corrected chi connectivity index (χ2v) is 5.58. The van der Waals surface area contributed by atoms with Gasteiger partial charge in [-0.15, -0.1) is 0 Å². The molecule has 5 nitrogen and oxygen atoms in total. The zero-order chi connectivity index (χ0) is 17.9. The summed E-state index contributed by atoms with van der Waals surface area (Å²) in [6.07, 6.45) is -4.69. The largest absolute Gasteiger partial charge is 0.423 e. The number of thiol groups is 2. The summed E-state index contributed by atoms with van der Waals surface area (Å²) in [7, 11) is 0. The van der Waals surface area contributed by atoms with Crippen molar-refractivity contribution in [2.75, 3.05) is 16.8 Å². The first kappa shape index (κ1) is 18.5. The molecule has 0 saturated heterocycles. The van der Waals surface area contributed by atoms with Crippen molar-refractivity contribution in [1.29, 1.82) is 0 Å². The smallest absolute Gasteiger partial charge is 0.417 e. The average Bonchev–Trinajstić information content (AvgIpc) is 2.50. The van der Waals surface area contributed by atoms with Crippen molar-refractivity contribution in [3.63, 3.8) is 0 Å². The van der Waals surface area contributed by atoms with E-state index in [2.05, 4.69) is 35.9 Å². The number of carbonyl (C=O) groups excluding carboxylic acids is 1. The maximum Gasteiger partial charge on any atom is 0.417 e. The first-order valence-corrected chi connectivity index (χ1v) is 7.95. The number of amides is 2. The zero-order valence-corrected chi connectivity index (χ0v) is 13.8. The van der Waals surface area contributed by atoms with Crippen LogP contribution in [0.4, 0.5) is 23.7 Å². The lowest BCUT2D eigenvalue weighted by Crippen LogP contribution is -2.40. The number of alkyl halides is 3. The topological polar surface area (TPSA) is 71.3 Å². The van der Waals surface area contributed by atoms with Gasteiger partial charge in [0.15, 0.2) is 0 Å². The van der Waals surface area contributed by atoms with Crippen LogP contribution in [0.1, 0.15) is 5.56 Å². The molecule has 24 heavy (non-hydrogen) atoms. The number of urea groups is 1. The Labute approximate surface area is 145 Å². The van der Waals surface area contributed by atoms with Gasteiger partial charge in [0.05, 0.1) is 5.56 Å². The molecule has 0 saturated carbocycles. The average molecular weight is 378 g/mol. The third kappa shape index (κ3) is 4.38. The first-order valence-electron chi connectivity index (χ1n) is 6.69. The first-order chi connectivity index (χ1) is 11.2. The van der Waals surface area contributed by atoms with Gasteiger partial charge in [0.1, 0.15) is 5.58 Å². The molecule has 0 radical (unpaired) electrons. The molecular formula is C14H13F3N2O3S2. The Kier molecular flexibility index (Phi) is 5.70. The monoisotopic (exact) mass is 378 g/mol. The van der Waals surface area contributed by atoms with Gasteiger partial charge in [-0.1, -0.05) is 0 Å². The van der Waals surface area contributed by atoms with E-state index in [9.17, 15) is 22.8 Å². The molecule has 0 bridgehead atoms. The fourth-order valence-electron chi connectivity index (χ4n) is 1.98. The maximum atomic E-state index is 13.0. The minimum atomic E-state index is -4.69. The van der Waals surface area contributed by atoms with Gasteiger partial charge in [-0.25, -0.2) is 9.59 Å². The van der Waals surface area contributed by atoms with E-state index in [0.29, 0.717) is 17.6 Å². The van der Waals surface area contributed by atoms with E-state index >= 15 is 0 Å². The number of benzene rings is 1. The summed E-state index contributed by atoms with van der Waals surface area (Å²) in [4.78, 5) is 23.1. The van der Waals surface area contributed by atoms with Crippen LogP contribution >= 0.6 is 25.3 Å². The van der Waals surface area contributed by atoms with Gasteiger partial charge in [-0.05, 0) is 12.1 Å². The van der Waals surface area contributed by atoms with Gasteiger partial charge >= 0.3 is 17.8 Å². The fourth-order valence-corrected chi connectivity index (χ4v) is 2.62. The minimum Gasteiger partial charge on any atom is -0.423 e. The summed E-state index contributed by atoms with van der Waals surface area (Å²) in [5, 5.41) is 4.77. The van der Waals surface area contributed by atoms with Gasteiger partial charge in [0.2, 0.25) is 0 Å². The number of nitrogens with one attached hydrogen (secondary N) is 2. The number of anilines is 1. The predicted octanol–water partition coefficient (Wildman–Crippen LogP) is 3.16. The molecule has 0 aliphatic heterocycles. The quantitative estimate of drug-likeness (QED) is 0.488. The van der Waals surface area contributed by atoms with Crippen molar-refractivity contribution >= 4 is 47.9 Å². The third-order valence-electron chi connectivity index (χ3n) is 3.08. The molecule has 1 heterocycles. The molecule has 2 aromatic rings. The molecule has 1 aromatic heterocycles. The molecule has 130 valence electrons. The van der Waals surface area contributed by atoms with Gasteiger partial charge < -0.3 is 15.1 Å². The molecule has 0 aliphatic carbocycles. The highest BCUT2D eigenvalue weighted by atomic mass is 32.1. The van der Waals surface area contributed by atoms with Crippen LogP contribution in [0.3, 0.4) is 0 Å². The summed E-state index contributed by atoms with van der Waals surface area (Å²) in [5.74, 6) is 0.747. The van der Waals surface area contributed by atoms with Gasteiger partial charge in [0.25, 0.3) is 0 Å². The lowest BCUT2D eigenvalue weighted by atomic mass is 10.1. The van der Waals surface area contributed by atoms with Gasteiger partial charge in [-0.3, -0.25) is 0 Å². The summed E-state index contributed by atoms with van der Waals surface area (Å²) in [6.45, 7) is 0. The van der Waals surface area contributed by atoms with Crippen molar-refractivity contribution in [3.8, 4) is 0 Å². The normalized spacial score (nSPS) is 11.8. The number of carbonyl (C=O) groups is 1. The lowest BCUT2D eigenvalue weighted by molar-refractivity contribution is -0.136. The van der Waals surface area contributed by atoms with Crippen LogP contribution < -0.4 is 16.3 Å². The summed E-state index contributed by atoms with van der Waals surface area (Å²) >= 11 is 8.09. The molecule has 2 amide bonds. The highest BCUT2D eigenvalue weighted by molar-refractivity contribution is 7.81. The molecule has 2 N–H and O–H groups in total. The van der Waals surface area contributed by atoms with Crippen molar-refractivity contribution in [3.05, 3.63) is 40.2 Å². The number of rotatable bonds is 4. The zero-order valence-electron chi connectivity index (χ0n) is 12.1. The van der Waals surface area contributed by atoms with E-state index in [4.69, 9.17) is 4.42 Å². The van der Waals surface area contributed by atoms with E-state index in [1.165, 1.54) is 6.07 Å². The summed E-state index contributed by atoms with van der Waals surface area (Å²) in [6, 6.07) is 3.12. The maximum absolute atomic E-state index is 13.0. The van der Waals surface area contributed by atoms with E-state index in [0.717, 1.165) is 12.1 Å². The molecule has 0 fully saturated rings. The number of halogens is 3.